The summed E-state index contributed by atoms with van der Waals surface area (Å²) in [5.74, 6) is 1.29. The highest BCUT2D eigenvalue weighted by atomic mass is 35.5. The van der Waals surface area contributed by atoms with Gasteiger partial charge in [-0.2, -0.15) is 0 Å². The van der Waals surface area contributed by atoms with Crippen molar-refractivity contribution in [1.29, 1.82) is 0 Å². The molecule has 2 aromatic heterocycles. The van der Waals surface area contributed by atoms with E-state index in [9.17, 15) is 0 Å². The van der Waals surface area contributed by atoms with E-state index in [0.29, 0.717) is 27.2 Å². The maximum Gasteiger partial charge on any atom is 0.173 e. The van der Waals surface area contributed by atoms with Crippen molar-refractivity contribution in [2.75, 3.05) is 12.4 Å². The molecule has 4 nitrogen and oxygen atoms in total. The molecule has 1 aromatic carbocycles. The highest BCUT2D eigenvalue weighted by Gasteiger charge is 2.12. The Kier molecular flexibility index (Phi) is 3.26. The lowest BCUT2D eigenvalue weighted by Gasteiger charge is -2.08. The van der Waals surface area contributed by atoms with E-state index in [4.69, 9.17) is 23.2 Å². The van der Waals surface area contributed by atoms with E-state index in [-0.39, 0.29) is 0 Å². The van der Waals surface area contributed by atoms with Crippen LogP contribution in [0.2, 0.25) is 10.0 Å². The van der Waals surface area contributed by atoms with Crippen LogP contribution < -0.4 is 5.32 Å². The minimum Gasteiger partial charge on any atom is -0.373 e. The van der Waals surface area contributed by atoms with Crippen LogP contribution in [0.5, 0.6) is 0 Å². The summed E-state index contributed by atoms with van der Waals surface area (Å²) >= 11 is 13.7. The quantitative estimate of drug-likeness (QED) is 0.774. The molecule has 0 aliphatic rings. The molecule has 0 atom stereocenters. The Hall–Kier alpha value is -1.43. The van der Waals surface area contributed by atoms with Crippen LogP contribution in [-0.4, -0.2) is 22.0 Å². The average molecular weight is 311 g/mol. The Morgan fingerprint density at radius 1 is 1.21 bits per heavy atom. The maximum atomic E-state index is 6.21. The number of thiazole rings is 1. The number of nitrogens with one attached hydrogen (secondary N) is 1. The number of fused-ring (bicyclic) bond motifs is 1. The number of nitrogens with zero attached hydrogens (tertiary/aromatic N) is 3. The third-order valence-electron chi connectivity index (χ3n) is 2.61. The Labute approximate surface area is 123 Å². The lowest BCUT2D eigenvalue weighted by molar-refractivity contribution is 1.22. The van der Waals surface area contributed by atoms with E-state index >= 15 is 0 Å². The normalized spacial score (nSPS) is 10.9. The van der Waals surface area contributed by atoms with Crippen LogP contribution in [0.4, 0.5) is 5.82 Å². The highest BCUT2D eigenvalue weighted by molar-refractivity contribution is 7.13. The SMILES string of the molecule is CNc1nc(-c2cncs2)nc2c(Cl)cc(Cl)cc12. The first kappa shape index (κ1) is 12.6. The minimum absolute atomic E-state index is 0.507. The Bertz CT molecular complexity index is 743. The molecular formula is C12H8Cl2N4S. The molecule has 0 saturated carbocycles. The fraction of sp³-hybridized carbons (Fsp3) is 0.0833. The van der Waals surface area contributed by atoms with E-state index in [1.807, 2.05) is 0 Å². The van der Waals surface area contributed by atoms with E-state index in [2.05, 4.69) is 20.3 Å². The molecule has 0 aliphatic heterocycles. The van der Waals surface area contributed by atoms with Gasteiger partial charge in [0.1, 0.15) is 5.82 Å². The average Bonchev–Trinajstić information content (AvgIpc) is 2.91. The van der Waals surface area contributed by atoms with Crippen LogP contribution in [0.25, 0.3) is 21.6 Å². The van der Waals surface area contributed by atoms with E-state index in [1.54, 1.807) is 30.9 Å². The summed E-state index contributed by atoms with van der Waals surface area (Å²) < 4.78 is 0. The smallest absolute Gasteiger partial charge is 0.173 e. The zero-order valence-corrected chi connectivity index (χ0v) is 12.1. The van der Waals surface area contributed by atoms with Gasteiger partial charge in [0.05, 0.1) is 20.9 Å². The highest BCUT2D eigenvalue weighted by Crippen LogP contribution is 2.32. The topological polar surface area (TPSA) is 50.7 Å². The fourth-order valence-corrected chi connectivity index (χ4v) is 2.87. The largest absolute Gasteiger partial charge is 0.373 e. The summed E-state index contributed by atoms with van der Waals surface area (Å²) in [4.78, 5) is 13.9. The molecule has 3 aromatic rings. The van der Waals surface area contributed by atoms with Crippen LogP contribution in [0.15, 0.2) is 23.8 Å². The van der Waals surface area contributed by atoms with Crippen molar-refractivity contribution in [3.8, 4) is 10.7 Å². The number of aromatic nitrogens is 3. The molecule has 7 heteroatoms. The summed E-state index contributed by atoms with van der Waals surface area (Å²) in [6.45, 7) is 0. The molecule has 0 unspecified atom stereocenters. The molecule has 1 N–H and O–H groups in total. The molecule has 0 fully saturated rings. The first-order valence-electron chi connectivity index (χ1n) is 5.42. The van der Waals surface area contributed by atoms with Crippen molar-refractivity contribution in [3.63, 3.8) is 0 Å². The predicted molar refractivity (Wildman–Crippen MR) is 80.2 cm³/mol. The van der Waals surface area contributed by atoms with Gasteiger partial charge in [-0.3, -0.25) is 4.98 Å². The zero-order chi connectivity index (χ0) is 13.4. The van der Waals surface area contributed by atoms with Gasteiger partial charge in [-0.15, -0.1) is 11.3 Å². The first-order chi connectivity index (χ1) is 9.19. The van der Waals surface area contributed by atoms with Gasteiger partial charge in [-0.25, -0.2) is 9.97 Å². The number of halogens is 2. The minimum atomic E-state index is 0.507. The predicted octanol–water partition coefficient (Wildman–Crippen LogP) is 4.10. The first-order valence-corrected chi connectivity index (χ1v) is 7.06. The number of hydrogen-bond donors (Lipinski definition) is 1. The zero-order valence-electron chi connectivity index (χ0n) is 9.82. The monoisotopic (exact) mass is 310 g/mol. The molecule has 0 saturated heterocycles. The van der Waals surface area contributed by atoms with Crippen LogP contribution in [-0.2, 0) is 0 Å². The number of rotatable bonds is 2. The summed E-state index contributed by atoms with van der Waals surface area (Å²) in [5, 5.41) is 4.91. The van der Waals surface area contributed by atoms with Crippen molar-refractivity contribution in [1.82, 2.24) is 15.0 Å². The van der Waals surface area contributed by atoms with E-state index in [0.717, 1.165) is 10.3 Å². The molecule has 96 valence electrons. The summed E-state index contributed by atoms with van der Waals surface area (Å²) in [7, 11) is 1.80. The van der Waals surface area contributed by atoms with Crippen molar-refractivity contribution in [2.45, 2.75) is 0 Å². The lowest BCUT2D eigenvalue weighted by atomic mass is 10.2. The van der Waals surface area contributed by atoms with Crippen LogP contribution in [0.3, 0.4) is 0 Å². The van der Waals surface area contributed by atoms with Gasteiger partial charge in [0.15, 0.2) is 5.82 Å². The Morgan fingerprint density at radius 2 is 2.05 bits per heavy atom. The molecule has 0 radical (unpaired) electrons. The molecule has 2 heterocycles. The van der Waals surface area contributed by atoms with Crippen LogP contribution in [0, 0.1) is 0 Å². The summed E-state index contributed by atoms with van der Waals surface area (Å²) in [6.07, 6.45) is 1.73. The molecular weight excluding hydrogens is 303 g/mol. The molecule has 0 amide bonds. The molecule has 3 rings (SSSR count). The van der Waals surface area contributed by atoms with Crippen LogP contribution >= 0.6 is 34.5 Å². The van der Waals surface area contributed by atoms with Gasteiger partial charge in [-0.1, -0.05) is 23.2 Å². The van der Waals surface area contributed by atoms with Gasteiger partial charge in [0.25, 0.3) is 0 Å². The van der Waals surface area contributed by atoms with Crippen molar-refractivity contribution in [2.24, 2.45) is 0 Å². The second-order valence-corrected chi connectivity index (χ2v) is 5.53. The Balaban J connectivity index is 2.34. The maximum absolute atomic E-state index is 6.21. The Morgan fingerprint density at radius 3 is 2.74 bits per heavy atom. The molecule has 0 spiro atoms. The fourth-order valence-electron chi connectivity index (χ4n) is 1.78. The van der Waals surface area contributed by atoms with Gasteiger partial charge in [0, 0.05) is 23.7 Å². The number of benzene rings is 1. The standard InChI is InChI=1S/C12H8Cl2N4S/c1-15-11-7-2-6(13)3-8(14)10(7)17-12(18-11)9-4-16-5-19-9/h2-5H,1H3,(H,15,17,18). The third kappa shape index (κ3) is 2.25. The van der Waals surface area contributed by atoms with Crippen molar-refractivity contribution < 1.29 is 0 Å². The number of hydrogen-bond acceptors (Lipinski definition) is 5. The van der Waals surface area contributed by atoms with Crippen molar-refractivity contribution >= 4 is 51.3 Å². The summed E-state index contributed by atoms with van der Waals surface area (Å²) in [6, 6.07) is 3.47. The second-order valence-electron chi connectivity index (χ2n) is 3.80. The second kappa shape index (κ2) is 4.92. The molecule has 0 aliphatic carbocycles. The molecule has 0 bridgehead atoms. The van der Waals surface area contributed by atoms with Gasteiger partial charge < -0.3 is 5.32 Å². The third-order valence-corrected chi connectivity index (χ3v) is 3.88. The van der Waals surface area contributed by atoms with Gasteiger partial charge >= 0.3 is 0 Å². The van der Waals surface area contributed by atoms with Crippen LogP contribution in [0.1, 0.15) is 0 Å². The summed E-state index contributed by atoms with van der Waals surface area (Å²) in [5.41, 5.74) is 2.42. The van der Waals surface area contributed by atoms with Crippen molar-refractivity contribution in [3.05, 3.63) is 33.9 Å². The van der Waals surface area contributed by atoms with E-state index < -0.39 is 0 Å². The molecule has 19 heavy (non-hydrogen) atoms. The van der Waals surface area contributed by atoms with Gasteiger partial charge in [0.2, 0.25) is 0 Å². The lowest BCUT2D eigenvalue weighted by Crippen LogP contribution is -1.98. The van der Waals surface area contributed by atoms with E-state index in [1.165, 1.54) is 11.3 Å². The number of anilines is 1. The van der Waals surface area contributed by atoms with Gasteiger partial charge in [-0.05, 0) is 12.1 Å².